The van der Waals surface area contributed by atoms with Crippen molar-refractivity contribution in [1.82, 2.24) is 20.4 Å². The fraction of sp³-hybridized carbons (Fsp3) is 0.412. The maximum absolute atomic E-state index is 12.2. The number of carbonyl (C=O) groups is 2. The smallest absolute Gasteiger partial charge is 0.311 e. The summed E-state index contributed by atoms with van der Waals surface area (Å²) >= 11 is 0. The van der Waals surface area contributed by atoms with Crippen molar-refractivity contribution >= 4 is 22.6 Å². The van der Waals surface area contributed by atoms with Gasteiger partial charge >= 0.3 is 11.8 Å². The van der Waals surface area contributed by atoms with Gasteiger partial charge in [-0.25, -0.2) is 5.10 Å². The SMILES string of the molecule is O=C(NCc1n[nH]c(=O)c2ccccc12)C(=O)N1CCCCCC1. The quantitative estimate of drug-likeness (QED) is 0.802. The molecule has 24 heavy (non-hydrogen) atoms. The molecule has 2 aromatic rings. The van der Waals surface area contributed by atoms with Crippen molar-refractivity contribution < 1.29 is 9.59 Å². The van der Waals surface area contributed by atoms with E-state index in [0.717, 1.165) is 25.7 Å². The molecule has 0 saturated carbocycles. The lowest BCUT2D eigenvalue weighted by molar-refractivity contribution is -0.145. The molecule has 2 amide bonds. The number of amides is 2. The Morgan fingerprint density at radius 1 is 1.08 bits per heavy atom. The highest BCUT2D eigenvalue weighted by molar-refractivity contribution is 6.35. The molecule has 1 aliphatic heterocycles. The Kier molecular flexibility index (Phi) is 4.88. The van der Waals surface area contributed by atoms with E-state index in [2.05, 4.69) is 15.5 Å². The Labute approximate surface area is 139 Å². The molecule has 0 spiro atoms. The highest BCUT2D eigenvalue weighted by atomic mass is 16.2. The summed E-state index contributed by atoms with van der Waals surface area (Å²) in [7, 11) is 0. The zero-order valence-electron chi connectivity index (χ0n) is 13.4. The second-order valence-electron chi connectivity index (χ2n) is 5.93. The van der Waals surface area contributed by atoms with E-state index < -0.39 is 11.8 Å². The summed E-state index contributed by atoms with van der Waals surface area (Å²) in [6.45, 7) is 1.36. The molecule has 0 aliphatic carbocycles. The summed E-state index contributed by atoms with van der Waals surface area (Å²) in [6, 6.07) is 7.04. The van der Waals surface area contributed by atoms with Crippen LogP contribution in [-0.4, -0.2) is 40.0 Å². The van der Waals surface area contributed by atoms with E-state index in [1.165, 1.54) is 0 Å². The molecule has 1 aromatic heterocycles. The molecule has 126 valence electrons. The van der Waals surface area contributed by atoms with Gasteiger partial charge < -0.3 is 10.2 Å². The summed E-state index contributed by atoms with van der Waals surface area (Å²) in [6.07, 6.45) is 4.06. The van der Waals surface area contributed by atoms with E-state index in [0.29, 0.717) is 29.6 Å². The van der Waals surface area contributed by atoms with E-state index in [1.807, 2.05) is 0 Å². The third kappa shape index (κ3) is 3.45. The van der Waals surface area contributed by atoms with Gasteiger partial charge in [0.2, 0.25) is 0 Å². The van der Waals surface area contributed by atoms with E-state index >= 15 is 0 Å². The van der Waals surface area contributed by atoms with Crippen LogP contribution in [0.1, 0.15) is 31.4 Å². The number of likely N-dealkylation sites (tertiary alicyclic amines) is 1. The number of carbonyl (C=O) groups excluding carboxylic acids is 2. The van der Waals surface area contributed by atoms with Gasteiger partial charge in [-0.1, -0.05) is 31.0 Å². The normalized spacial score (nSPS) is 15.1. The second kappa shape index (κ2) is 7.25. The van der Waals surface area contributed by atoms with Crippen molar-refractivity contribution in [2.45, 2.75) is 32.2 Å². The van der Waals surface area contributed by atoms with Gasteiger partial charge in [-0.05, 0) is 18.9 Å². The highest BCUT2D eigenvalue weighted by Gasteiger charge is 2.22. The van der Waals surface area contributed by atoms with Crippen LogP contribution in [0.25, 0.3) is 10.8 Å². The summed E-state index contributed by atoms with van der Waals surface area (Å²) in [4.78, 5) is 37.7. The van der Waals surface area contributed by atoms with Crippen LogP contribution < -0.4 is 10.9 Å². The molecule has 1 fully saturated rings. The number of nitrogens with one attached hydrogen (secondary N) is 2. The largest absolute Gasteiger partial charge is 0.342 e. The lowest BCUT2D eigenvalue weighted by Gasteiger charge is -2.19. The maximum atomic E-state index is 12.2. The minimum absolute atomic E-state index is 0.0930. The minimum Gasteiger partial charge on any atom is -0.342 e. The molecule has 2 N–H and O–H groups in total. The zero-order valence-corrected chi connectivity index (χ0v) is 13.4. The molecule has 2 heterocycles. The monoisotopic (exact) mass is 328 g/mol. The summed E-state index contributed by atoms with van der Waals surface area (Å²) in [5.74, 6) is -1.13. The average Bonchev–Trinajstić information content (AvgIpc) is 2.90. The van der Waals surface area contributed by atoms with Crippen LogP contribution in [-0.2, 0) is 16.1 Å². The van der Waals surface area contributed by atoms with Crippen molar-refractivity contribution in [1.29, 1.82) is 0 Å². The number of rotatable bonds is 2. The number of aromatic amines is 1. The standard InChI is InChI=1S/C17H20N4O3/c22-15-13-8-4-3-7-12(13)14(19-20-15)11-18-16(23)17(24)21-9-5-1-2-6-10-21/h3-4,7-8H,1-2,5-6,9-11H2,(H,18,23)(H,20,22). The van der Waals surface area contributed by atoms with Crippen molar-refractivity contribution in [3.05, 3.63) is 40.3 Å². The first-order chi connectivity index (χ1) is 11.7. The maximum Gasteiger partial charge on any atom is 0.311 e. The predicted molar refractivity (Wildman–Crippen MR) is 89.3 cm³/mol. The average molecular weight is 328 g/mol. The number of fused-ring (bicyclic) bond motifs is 1. The second-order valence-corrected chi connectivity index (χ2v) is 5.93. The van der Waals surface area contributed by atoms with Gasteiger partial charge in [0.1, 0.15) is 0 Å². The van der Waals surface area contributed by atoms with Crippen LogP contribution in [0.15, 0.2) is 29.1 Å². The number of aromatic nitrogens is 2. The lowest BCUT2D eigenvalue weighted by atomic mass is 10.1. The van der Waals surface area contributed by atoms with Crippen LogP contribution in [0.3, 0.4) is 0 Å². The lowest BCUT2D eigenvalue weighted by Crippen LogP contribution is -2.43. The third-order valence-electron chi connectivity index (χ3n) is 4.28. The summed E-state index contributed by atoms with van der Waals surface area (Å²) < 4.78 is 0. The Bertz CT molecular complexity index is 807. The first-order valence-electron chi connectivity index (χ1n) is 8.20. The number of hydrogen-bond acceptors (Lipinski definition) is 4. The Morgan fingerprint density at radius 2 is 1.75 bits per heavy atom. The topological polar surface area (TPSA) is 95.2 Å². The van der Waals surface area contributed by atoms with Crippen LogP contribution in [0.2, 0.25) is 0 Å². The molecule has 0 atom stereocenters. The third-order valence-corrected chi connectivity index (χ3v) is 4.28. The van der Waals surface area contributed by atoms with E-state index in [1.54, 1.807) is 29.2 Å². The molecule has 0 bridgehead atoms. The van der Waals surface area contributed by atoms with Crippen LogP contribution in [0.4, 0.5) is 0 Å². The Balaban J connectivity index is 1.69. The van der Waals surface area contributed by atoms with E-state index in [4.69, 9.17) is 0 Å². The molecule has 0 radical (unpaired) electrons. The number of H-pyrrole nitrogens is 1. The highest BCUT2D eigenvalue weighted by Crippen LogP contribution is 2.12. The first-order valence-corrected chi connectivity index (χ1v) is 8.20. The van der Waals surface area contributed by atoms with E-state index in [-0.39, 0.29) is 12.1 Å². The first kappa shape index (κ1) is 16.2. The molecule has 1 aromatic carbocycles. The predicted octanol–water partition coefficient (Wildman–Crippen LogP) is 0.942. The number of hydrogen-bond donors (Lipinski definition) is 2. The fourth-order valence-electron chi connectivity index (χ4n) is 2.96. The van der Waals surface area contributed by atoms with Crippen molar-refractivity contribution in [3.8, 4) is 0 Å². The van der Waals surface area contributed by atoms with Gasteiger partial charge in [0.15, 0.2) is 0 Å². The molecular formula is C17H20N4O3. The molecule has 1 saturated heterocycles. The summed E-state index contributed by atoms with van der Waals surface area (Å²) in [5.41, 5.74) is 0.253. The number of nitrogens with zero attached hydrogens (tertiary/aromatic N) is 2. The Morgan fingerprint density at radius 3 is 2.46 bits per heavy atom. The minimum atomic E-state index is -0.631. The molecule has 7 nitrogen and oxygen atoms in total. The molecule has 7 heteroatoms. The van der Waals surface area contributed by atoms with Crippen LogP contribution in [0.5, 0.6) is 0 Å². The molecule has 3 rings (SSSR count). The van der Waals surface area contributed by atoms with Gasteiger partial charge in [0.25, 0.3) is 5.56 Å². The molecular weight excluding hydrogens is 308 g/mol. The molecule has 1 aliphatic rings. The van der Waals surface area contributed by atoms with Gasteiger partial charge in [0, 0.05) is 18.5 Å². The number of benzene rings is 1. The van der Waals surface area contributed by atoms with Crippen molar-refractivity contribution in [2.24, 2.45) is 0 Å². The van der Waals surface area contributed by atoms with Crippen LogP contribution in [0, 0.1) is 0 Å². The van der Waals surface area contributed by atoms with Gasteiger partial charge in [-0.15, -0.1) is 0 Å². The Hall–Kier alpha value is -2.70. The van der Waals surface area contributed by atoms with Crippen molar-refractivity contribution in [2.75, 3.05) is 13.1 Å². The van der Waals surface area contributed by atoms with Crippen molar-refractivity contribution in [3.63, 3.8) is 0 Å². The summed E-state index contributed by atoms with van der Waals surface area (Å²) in [5, 5.41) is 10.2. The van der Waals surface area contributed by atoms with Gasteiger partial charge in [-0.3, -0.25) is 14.4 Å². The van der Waals surface area contributed by atoms with E-state index in [9.17, 15) is 14.4 Å². The van der Waals surface area contributed by atoms with Gasteiger partial charge in [0.05, 0.1) is 17.6 Å². The van der Waals surface area contributed by atoms with Crippen LogP contribution >= 0.6 is 0 Å². The molecule has 0 unspecified atom stereocenters. The zero-order chi connectivity index (χ0) is 16.9. The fourth-order valence-corrected chi connectivity index (χ4v) is 2.96. The van der Waals surface area contributed by atoms with Gasteiger partial charge in [-0.2, -0.15) is 5.10 Å².